The minimum atomic E-state index is 0.323. The molecular weight excluding hydrogens is 186 g/mol. The van der Waals surface area contributed by atoms with E-state index in [-0.39, 0.29) is 0 Å². The van der Waals surface area contributed by atoms with E-state index in [9.17, 15) is 0 Å². The summed E-state index contributed by atoms with van der Waals surface area (Å²) in [4.78, 5) is 0. The summed E-state index contributed by atoms with van der Waals surface area (Å²) < 4.78 is 5.10. The Morgan fingerprint density at radius 2 is 2.07 bits per heavy atom. The van der Waals surface area contributed by atoms with Gasteiger partial charge in [0.25, 0.3) is 0 Å². The lowest BCUT2D eigenvalue weighted by atomic mass is 10.1. The average molecular weight is 203 g/mol. The van der Waals surface area contributed by atoms with Crippen LogP contribution < -0.4 is 10.1 Å². The molecule has 1 atom stereocenters. The Hall–Kier alpha value is -1.46. The summed E-state index contributed by atoms with van der Waals surface area (Å²) in [6, 6.07) is 8.38. The lowest BCUT2D eigenvalue weighted by Gasteiger charge is -2.13. The lowest BCUT2D eigenvalue weighted by Crippen LogP contribution is -2.19. The number of nitrogens with one attached hydrogen (secondary N) is 1. The van der Waals surface area contributed by atoms with Gasteiger partial charge in [-0.3, -0.25) is 0 Å². The van der Waals surface area contributed by atoms with E-state index in [0.717, 1.165) is 18.7 Å². The first-order valence-electron chi connectivity index (χ1n) is 5.08. The molecule has 80 valence electrons. The van der Waals surface area contributed by atoms with E-state index in [0.29, 0.717) is 6.04 Å². The van der Waals surface area contributed by atoms with Crippen molar-refractivity contribution < 1.29 is 4.74 Å². The van der Waals surface area contributed by atoms with Gasteiger partial charge in [0.2, 0.25) is 0 Å². The van der Waals surface area contributed by atoms with Crippen LogP contribution in [0.25, 0.3) is 0 Å². The Morgan fingerprint density at radius 1 is 1.40 bits per heavy atom. The maximum Gasteiger partial charge on any atom is 0.118 e. The van der Waals surface area contributed by atoms with Gasteiger partial charge >= 0.3 is 0 Å². The molecule has 0 spiro atoms. The summed E-state index contributed by atoms with van der Waals surface area (Å²) in [5.74, 6) is 3.49. The highest BCUT2D eigenvalue weighted by atomic mass is 16.5. The van der Waals surface area contributed by atoms with Gasteiger partial charge in [0.15, 0.2) is 0 Å². The van der Waals surface area contributed by atoms with Crippen molar-refractivity contribution in [3.63, 3.8) is 0 Å². The first-order chi connectivity index (χ1) is 7.27. The third kappa shape index (κ3) is 3.65. The van der Waals surface area contributed by atoms with Gasteiger partial charge in [0, 0.05) is 19.0 Å². The van der Waals surface area contributed by atoms with Gasteiger partial charge < -0.3 is 10.1 Å². The quantitative estimate of drug-likeness (QED) is 0.586. The van der Waals surface area contributed by atoms with Crippen molar-refractivity contribution in [3.05, 3.63) is 29.8 Å². The molecule has 0 radical (unpaired) electrons. The molecule has 0 saturated carbocycles. The molecule has 0 heterocycles. The maximum atomic E-state index is 5.18. The van der Waals surface area contributed by atoms with Crippen LogP contribution in [-0.4, -0.2) is 13.7 Å². The molecule has 0 saturated heterocycles. The second-order valence-electron chi connectivity index (χ2n) is 3.40. The minimum absolute atomic E-state index is 0.323. The van der Waals surface area contributed by atoms with Crippen LogP contribution in [0.3, 0.4) is 0 Å². The van der Waals surface area contributed by atoms with E-state index >= 15 is 0 Å². The van der Waals surface area contributed by atoms with Crippen LogP contribution >= 0.6 is 0 Å². The maximum absolute atomic E-state index is 5.18. The molecule has 0 aliphatic heterocycles. The zero-order valence-corrected chi connectivity index (χ0v) is 9.29. The zero-order valence-electron chi connectivity index (χ0n) is 9.29. The summed E-state index contributed by atoms with van der Waals surface area (Å²) >= 11 is 0. The molecule has 2 nitrogen and oxygen atoms in total. The molecule has 0 bridgehead atoms. The van der Waals surface area contributed by atoms with Gasteiger partial charge in [-0.1, -0.05) is 12.1 Å². The van der Waals surface area contributed by atoms with Crippen molar-refractivity contribution in [2.24, 2.45) is 0 Å². The smallest absolute Gasteiger partial charge is 0.118 e. The van der Waals surface area contributed by atoms with Crippen LogP contribution in [0.15, 0.2) is 24.3 Å². The van der Waals surface area contributed by atoms with Crippen LogP contribution in [-0.2, 0) is 0 Å². The molecule has 1 aromatic carbocycles. The van der Waals surface area contributed by atoms with E-state index in [4.69, 9.17) is 11.2 Å². The molecule has 1 rings (SSSR count). The topological polar surface area (TPSA) is 21.3 Å². The lowest BCUT2D eigenvalue weighted by molar-refractivity contribution is 0.414. The van der Waals surface area contributed by atoms with Crippen molar-refractivity contribution in [2.45, 2.75) is 19.4 Å². The third-order valence-electron chi connectivity index (χ3n) is 2.34. The van der Waals surface area contributed by atoms with Gasteiger partial charge in [0.1, 0.15) is 5.75 Å². The first-order valence-corrected chi connectivity index (χ1v) is 5.08. The summed E-state index contributed by atoms with van der Waals surface area (Å²) in [5.41, 5.74) is 1.24. The zero-order chi connectivity index (χ0) is 11.1. The predicted molar refractivity (Wildman–Crippen MR) is 62.9 cm³/mol. The van der Waals surface area contributed by atoms with E-state index in [2.05, 4.69) is 30.3 Å². The number of rotatable bonds is 5. The number of hydrogen-bond donors (Lipinski definition) is 1. The fourth-order valence-electron chi connectivity index (χ4n) is 1.37. The Bertz CT molecular complexity index is 323. The van der Waals surface area contributed by atoms with Crippen molar-refractivity contribution in [1.82, 2.24) is 5.32 Å². The monoisotopic (exact) mass is 203 g/mol. The molecule has 0 unspecified atom stereocenters. The van der Waals surface area contributed by atoms with Gasteiger partial charge in [-0.2, -0.15) is 0 Å². The van der Waals surface area contributed by atoms with Crippen molar-refractivity contribution in [3.8, 4) is 18.1 Å². The Morgan fingerprint density at radius 3 is 2.60 bits per heavy atom. The van der Waals surface area contributed by atoms with Gasteiger partial charge in [-0.05, 0) is 24.6 Å². The van der Waals surface area contributed by atoms with Gasteiger partial charge in [0.05, 0.1) is 7.11 Å². The molecule has 2 heteroatoms. The summed E-state index contributed by atoms with van der Waals surface area (Å²) in [6.45, 7) is 2.97. The van der Waals surface area contributed by atoms with Crippen LogP contribution in [0.5, 0.6) is 5.75 Å². The fraction of sp³-hybridized carbons (Fsp3) is 0.385. The Kier molecular flexibility index (Phi) is 4.73. The number of benzene rings is 1. The van der Waals surface area contributed by atoms with E-state index in [1.165, 1.54) is 5.56 Å². The molecular formula is C13H17NO. The Balaban J connectivity index is 2.51. The van der Waals surface area contributed by atoms with Gasteiger partial charge in [-0.15, -0.1) is 12.3 Å². The SMILES string of the molecule is C#CCCN[C@H](C)c1ccc(OC)cc1. The molecule has 0 aliphatic carbocycles. The van der Waals surface area contributed by atoms with Crippen LogP contribution in [0.2, 0.25) is 0 Å². The van der Waals surface area contributed by atoms with E-state index in [1.54, 1.807) is 7.11 Å². The van der Waals surface area contributed by atoms with Crippen LogP contribution in [0.4, 0.5) is 0 Å². The molecule has 0 amide bonds. The molecule has 15 heavy (non-hydrogen) atoms. The predicted octanol–water partition coefficient (Wildman–Crippen LogP) is 2.37. The molecule has 1 N–H and O–H groups in total. The van der Waals surface area contributed by atoms with Crippen molar-refractivity contribution in [2.75, 3.05) is 13.7 Å². The average Bonchev–Trinajstić information content (AvgIpc) is 2.29. The molecule has 0 aliphatic rings. The van der Waals surface area contributed by atoms with Crippen LogP contribution in [0.1, 0.15) is 24.9 Å². The summed E-state index contributed by atoms with van der Waals surface area (Å²) in [6.07, 6.45) is 5.95. The highest BCUT2D eigenvalue weighted by Crippen LogP contribution is 2.16. The van der Waals surface area contributed by atoms with Crippen molar-refractivity contribution >= 4 is 0 Å². The summed E-state index contributed by atoms with van der Waals surface area (Å²) in [5, 5.41) is 3.35. The largest absolute Gasteiger partial charge is 0.497 e. The minimum Gasteiger partial charge on any atom is -0.497 e. The fourth-order valence-corrected chi connectivity index (χ4v) is 1.37. The van der Waals surface area contributed by atoms with Gasteiger partial charge in [-0.25, -0.2) is 0 Å². The number of methoxy groups -OCH3 is 1. The highest BCUT2D eigenvalue weighted by Gasteiger charge is 2.03. The number of terminal acetylenes is 1. The Labute approximate surface area is 91.6 Å². The number of hydrogen-bond acceptors (Lipinski definition) is 2. The second kappa shape index (κ2) is 6.10. The standard InChI is InChI=1S/C13H17NO/c1-4-5-10-14-11(2)12-6-8-13(15-3)9-7-12/h1,6-9,11,14H,5,10H2,2-3H3/t11-/m1/s1. The third-order valence-corrected chi connectivity index (χ3v) is 2.34. The second-order valence-corrected chi connectivity index (χ2v) is 3.40. The van der Waals surface area contributed by atoms with Crippen molar-refractivity contribution in [1.29, 1.82) is 0 Å². The van der Waals surface area contributed by atoms with E-state index in [1.807, 2.05) is 12.1 Å². The molecule has 0 fully saturated rings. The number of ether oxygens (including phenoxy) is 1. The highest BCUT2D eigenvalue weighted by molar-refractivity contribution is 5.28. The molecule has 0 aromatic heterocycles. The van der Waals surface area contributed by atoms with E-state index < -0.39 is 0 Å². The molecule has 1 aromatic rings. The first kappa shape index (κ1) is 11.6. The summed E-state index contributed by atoms with van der Waals surface area (Å²) in [7, 11) is 1.67. The normalized spacial score (nSPS) is 11.8. The van der Waals surface area contributed by atoms with Crippen LogP contribution in [0, 0.1) is 12.3 Å².